The van der Waals surface area contributed by atoms with E-state index in [0.717, 1.165) is 6.26 Å². The van der Waals surface area contributed by atoms with Gasteiger partial charge in [-0.05, 0) is 28.1 Å². The number of nitrogens with zero attached hydrogens (tertiary/aromatic N) is 1. The third-order valence-corrected chi connectivity index (χ3v) is 4.55. The summed E-state index contributed by atoms with van der Waals surface area (Å²) in [6.45, 7) is 0. The molecule has 18 heavy (non-hydrogen) atoms. The summed E-state index contributed by atoms with van der Waals surface area (Å²) >= 11 is 3.11. The van der Waals surface area contributed by atoms with Gasteiger partial charge in [-0.3, -0.25) is 4.79 Å². The third kappa shape index (κ3) is 4.41. The molecule has 0 N–H and O–H groups in total. The maximum Gasteiger partial charge on any atom is 0.397 e. The van der Waals surface area contributed by atoms with Crippen LogP contribution >= 0.6 is 15.9 Å². The lowest BCUT2D eigenvalue weighted by atomic mass is 10.4. The van der Waals surface area contributed by atoms with E-state index >= 15 is 0 Å². The first kappa shape index (κ1) is 15.2. The van der Waals surface area contributed by atoms with Gasteiger partial charge in [0.1, 0.15) is 6.42 Å². The lowest BCUT2D eigenvalue weighted by molar-refractivity contribution is -0.151. The Morgan fingerprint density at radius 1 is 1.39 bits per heavy atom. The molecule has 0 aliphatic heterocycles. The molecule has 1 unspecified atom stereocenters. The monoisotopic (exact) mass is 343 g/mol. The highest BCUT2D eigenvalue weighted by atomic mass is 79.9. The minimum Gasteiger partial charge on any atom is -0.272 e. The van der Waals surface area contributed by atoms with E-state index in [1.54, 1.807) is 18.2 Å². The van der Waals surface area contributed by atoms with Crippen molar-refractivity contribution in [2.24, 2.45) is 4.36 Å². The van der Waals surface area contributed by atoms with Gasteiger partial charge < -0.3 is 0 Å². The van der Waals surface area contributed by atoms with Crippen LogP contribution in [0.15, 0.2) is 38.0 Å². The Morgan fingerprint density at radius 2 is 1.94 bits per heavy atom. The molecule has 0 aliphatic rings. The van der Waals surface area contributed by atoms with E-state index in [1.165, 1.54) is 6.07 Å². The number of benzene rings is 1. The molecular formula is C10H9BrF3NO2S. The average Bonchev–Trinajstić information content (AvgIpc) is 2.13. The van der Waals surface area contributed by atoms with Crippen LogP contribution in [0, 0.1) is 0 Å². The molecule has 100 valence electrons. The van der Waals surface area contributed by atoms with Gasteiger partial charge in [0.2, 0.25) is 0 Å². The highest BCUT2D eigenvalue weighted by Crippen LogP contribution is 2.24. The summed E-state index contributed by atoms with van der Waals surface area (Å²) in [6, 6.07) is 6.23. The number of carbonyl (C=O) groups excluding carboxylic acids is 1. The zero-order valence-electron chi connectivity index (χ0n) is 9.20. The van der Waals surface area contributed by atoms with Crippen LogP contribution in [-0.4, -0.2) is 22.5 Å². The first-order valence-electron chi connectivity index (χ1n) is 4.68. The van der Waals surface area contributed by atoms with Gasteiger partial charge >= 0.3 is 6.18 Å². The number of hydrogen-bond acceptors (Lipinski definition) is 2. The number of alkyl halides is 3. The van der Waals surface area contributed by atoms with E-state index in [4.69, 9.17) is 0 Å². The lowest BCUT2D eigenvalue weighted by Gasteiger charge is -2.07. The van der Waals surface area contributed by atoms with Gasteiger partial charge in [-0.1, -0.05) is 12.1 Å². The summed E-state index contributed by atoms with van der Waals surface area (Å²) in [5.74, 6) is -1.44. The van der Waals surface area contributed by atoms with Crippen LogP contribution in [0.3, 0.4) is 0 Å². The molecule has 1 atom stereocenters. The summed E-state index contributed by atoms with van der Waals surface area (Å²) in [5, 5.41) is 0. The van der Waals surface area contributed by atoms with Gasteiger partial charge in [0.25, 0.3) is 5.91 Å². The number of rotatable bonds is 2. The number of halogens is 4. The molecule has 1 aromatic carbocycles. The standard InChI is InChI=1S/C10H9BrF3NO2S/c1-18(17,8-5-3-2-4-7(8)11)15-9(16)6-10(12,13)14/h2-5H,6H2,1H3. The molecule has 0 bridgehead atoms. The summed E-state index contributed by atoms with van der Waals surface area (Å²) in [5.41, 5.74) is 0. The van der Waals surface area contributed by atoms with Crippen LogP contribution in [0.2, 0.25) is 0 Å². The smallest absolute Gasteiger partial charge is 0.272 e. The predicted octanol–water partition coefficient (Wildman–Crippen LogP) is 3.38. The molecule has 3 nitrogen and oxygen atoms in total. The average molecular weight is 344 g/mol. The van der Waals surface area contributed by atoms with E-state index in [1.807, 2.05) is 0 Å². The molecule has 0 saturated carbocycles. The molecule has 8 heteroatoms. The lowest BCUT2D eigenvalue weighted by Crippen LogP contribution is -2.14. The first-order valence-corrected chi connectivity index (χ1v) is 7.40. The Labute approximate surface area is 111 Å². The first-order chi connectivity index (χ1) is 8.12. The second-order valence-corrected chi connectivity index (χ2v) is 6.59. The van der Waals surface area contributed by atoms with Crippen molar-refractivity contribution >= 4 is 31.6 Å². The predicted molar refractivity (Wildman–Crippen MR) is 64.6 cm³/mol. The van der Waals surface area contributed by atoms with Crippen molar-refractivity contribution in [1.82, 2.24) is 0 Å². The van der Waals surface area contributed by atoms with Crippen LogP contribution in [0.1, 0.15) is 6.42 Å². The van der Waals surface area contributed by atoms with Gasteiger partial charge in [-0.25, -0.2) is 4.21 Å². The SMILES string of the molecule is CS(=O)(=NC(=O)CC(F)(F)F)c1ccccc1Br. The molecule has 0 fully saturated rings. The zero-order valence-corrected chi connectivity index (χ0v) is 11.6. The van der Waals surface area contributed by atoms with Crippen molar-refractivity contribution < 1.29 is 22.2 Å². The molecule has 0 saturated heterocycles. The van der Waals surface area contributed by atoms with Crippen LogP contribution in [0.4, 0.5) is 13.2 Å². The zero-order chi connectivity index (χ0) is 14.0. The van der Waals surface area contributed by atoms with E-state index in [-0.39, 0.29) is 4.90 Å². The van der Waals surface area contributed by atoms with E-state index in [2.05, 4.69) is 20.3 Å². The number of hydrogen-bond donors (Lipinski definition) is 0. The second-order valence-electron chi connectivity index (χ2n) is 3.51. The Hall–Kier alpha value is -0.890. The molecule has 0 heterocycles. The van der Waals surface area contributed by atoms with Crippen molar-refractivity contribution in [3.8, 4) is 0 Å². The minimum atomic E-state index is -4.65. The summed E-state index contributed by atoms with van der Waals surface area (Å²) in [4.78, 5) is 11.3. The highest BCUT2D eigenvalue weighted by Gasteiger charge is 2.31. The second kappa shape index (κ2) is 5.40. The molecule has 1 aromatic rings. The molecule has 0 spiro atoms. The molecule has 0 aliphatic carbocycles. The molecule has 1 rings (SSSR count). The van der Waals surface area contributed by atoms with Gasteiger partial charge in [-0.2, -0.15) is 17.5 Å². The topological polar surface area (TPSA) is 46.5 Å². The van der Waals surface area contributed by atoms with Crippen LogP contribution < -0.4 is 0 Å². The van der Waals surface area contributed by atoms with Crippen LogP contribution in [0.25, 0.3) is 0 Å². The van der Waals surface area contributed by atoms with Gasteiger partial charge in [0, 0.05) is 10.7 Å². The highest BCUT2D eigenvalue weighted by molar-refractivity contribution is 9.10. The molecular weight excluding hydrogens is 335 g/mol. The van der Waals surface area contributed by atoms with E-state index in [0.29, 0.717) is 4.47 Å². The van der Waals surface area contributed by atoms with Crippen molar-refractivity contribution in [3.05, 3.63) is 28.7 Å². The fourth-order valence-electron chi connectivity index (χ4n) is 1.20. The van der Waals surface area contributed by atoms with Crippen LogP contribution in [0.5, 0.6) is 0 Å². The van der Waals surface area contributed by atoms with Crippen molar-refractivity contribution in [2.45, 2.75) is 17.5 Å². The molecule has 0 aromatic heterocycles. The van der Waals surface area contributed by atoms with E-state index in [9.17, 15) is 22.2 Å². The Bertz CT molecular complexity index is 577. The Kier molecular flexibility index (Phi) is 4.55. The van der Waals surface area contributed by atoms with Crippen molar-refractivity contribution in [2.75, 3.05) is 6.26 Å². The van der Waals surface area contributed by atoms with Gasteiger partial charge in [0.15, 0.2) is 0 Å². The number of amides is 1. The van der Waals surface area contributed by atoms with Gasteiger partial charge in [0.05, 0.1) is 14.6 Å². The fourth-order valence-corrected chi connectivity index (χ4v) is 3.70. The normalized spacial score (nSPS) is 14.9. The third-order valence-electron chi connectivity index (χ3n) is 1.87. The van der Waals surface area contributed by atoms with Gasteiger partial charge in [-0.15, -0.1) is 0 Å². The molecule has 0 radical (unpaired) electrons. The Morgan fingerprint density at radius 3 is 2.44 bits per heavy atom. The molecule has 1 amide bonds. The quantitative estimate of drug-likeness (QED) is 0.826. The van der Waals surface area contributed by atoms with Crippen molar-refractivity contribution in [1.29, 1.82) is 0 Å². The fraction of sp³-hybridized carbons (Fsp3) is 0.300. The Balaban J connectivity index is 3.12. The van der Waals surface area contributed by atoms with Crippen LogP contribution in [-0.2, 0) is 14.5 Å². The maximum absolute atomic E-state index is 12.1. The minimum absolute atomic E-state index is 0.195. The largest absolute Gasteiger partial charge is 0.397 e. The summed E-state index contributed by atoms with van der Waals surface area (Å²) in [7, 11) is -3.18. The van der Waals surface area contributed by atoms with E-state index < -0.39 is 28.2 Å². The number of carbonyl (C=O) groups is 1. The summed E-state index contributed by atoms with van der Waals surface area (Å²) < 4.78 is 51.7. The summed E-state index contributed by atoms with van der Waals surface area (Å²) in [6.07, 6.45) is -5.23. The van der Waals surface area contributed by atoms with Crippen molar-refractivity contribution in [3.63, 3.8) is 0 Å². The maximum atomic E-state index is 12.1.